The minimum absolute atomic E-state index is 0.296. The van der Waals surface area contributed by atoms with Crippen molar-refractivity contribution in [3.8, 4) is 16.9 Å². The molecule has 0 saturated carbocycles. The summed E-state index contributed by atoms with van der Waals surface area (Å²) in [7, 11) is 1.58. The highest BCUT2D eigenvalue weighted by atomic mass is 32.1. The van der Waals surface area contributed by atoms with Gasteiger partial charge in [0.25, 0.3) is 5.91 Å². The minimum atomic E-state index is -0.296. The molecule has 0 atom stereocenters. The second-order valence-corrected chi connectivity index (χ2v) is 6.66. The molecule has 3 heterocycles. The number of hydrogen-bond acceptors (Lipinski definition) is 7. The summed E-state index contributed by atoms with van der Waals surface area (Å²) < 4.78 is 5.42. The highest BCUT2D eigenvalue weighted by Crippen LogP contribution is 2.33. The third-order valence-electron chi connectivity index (χ3n) is 3.55. The Morgan fingerprint density at radius 1 is 1.04 bits per heavy atom. The molecule has 0 unspecified atom stereocenters. The Labute approximate surface area is 149 Å². The smallest absolute Gasteiger partial charge is 0.259 e. The zero-order chi connectivity index (χ0) is 18.0. The monoisotopic (exact) mass is 355 g/mol. The molecule has 1 amide bonds. The van der Waals surface area contributed by atoms with E-state index in [0.29, 0.717) is 16.4 Å². The molecule has 3 rings (SSSR count). The second-order valence-electron chi connectivity index (χ2n) is 5.48. The van der Waals surface area contributed by atoms with Gasteiger partial charge in [0.2, 0.25) is 5.13 Å². The molecule has 0 saturated heterocycles. The average Bonchev–Trinajstić information content (AvgIpc) is 2.99. The molecule has 0 radical (unpaired) electrons. The Kier molecular flexibility index (Phi) is 4.71. The van der Waals surface area contributed by atoms with E-state index in [-0.39, 0.29) is 5.91 Å². The Morgan fingerprint density at radius 3 is 2.36 bits per heavy atom. The molecular formula is C17H17N5O2S. The molecule has 0 fully saturated rings. The highest BCUT2D eigenvalue weighted by molar-refractivity contribution is 7.15. The van der Waals surface area contributed by atoms with Crippen molar-refractivity contribution in [2.45, 2.75) is 20.8 Å². The van der Waals surface area contributed by atoms with Gasteiger partial charge in [-0.05, 0) is 32.9 Å². The minimum Gasteiger partial charge on any atom is -0.494 e. The van der Waals surface area contributed by atoms with Gasteiger partial charge in [-0.1, -0.05) is 11.3 Å². The van der Waals surface area contributed by atoms with Crippen molar-refractivity contribution in [2.75, 3.05) is 12.4 Å². The summed E-state index contributed by atoms with van der Waals surface area (Å²) in [6, 6.07) is 3.75. The fraction of sp³-hybridized carbons (Fsp3) is 0.235. The molecule has 1 N–H and O–H groups in total. The lowest BCUT2D eigenvalue weighted by molar-refractivity contribution is 0.102. The molecule has 25 heavy (non-hydrogen) atoms. The number of nitrogens with zero attached hydrogens (tertiary/aromatic N) is 4. The number of aryl methyl sites for hydroxylation is 3. The molecule has 3 aromatic heterocycles. The van der Waals surface area contributed by atoms with Crippen LogP contribution in [0.25, 0.3) is 11.1 Å². The van der Waals surface area contributed by atoms with Gasteiger partial charge in [-0.3, -0.25) is 20.1 Å². The maximum Gasteiger partial charge on any atom is 0.259 e. The van der Waals surface area contributed by atoms with Crippen LogP contribution < -0.4 is 10.1 Å². The van der Waals surface area contributed by atoms with Gasteiger partial charge in [0.15, 0.2) is 0 Å². The van der Waals surface area contributed by atoms with Gasteiger partial charge in [0.05, 0.1) is 18.9 Å². The van der Waals surface area contributed by atoms with Crippen LogP contribution in [-0.2, 0) is 0 Å². The number of pyridine rings is 2. The van der Waals surface area contributed by atoms with Crippen LogP contribution in [0, 0.1) is 20.8 Å². The van der Waals surface area contributed by atoms with Crippen molar-refractivity contribution in [2.24, 2.45) is 0 Å². The van der Waals surface area contributed by atoms with Crippen LogP contribution in [-0.4, -0.2) is 33.2 Å². The Balaban J connectivity index is 2.07. The topological polar surface area (TPSA) is 89.9 Å². The van der Waals surface area contributed by atoms with Crippen LogP contribution in [0.3, 0.4) is 0 Å². The summed E-state index contributed by atoms with van der Waals surface area (Å²) in [6.45, 7) is 5.59. The van der Waals surface area contributed by atoms with Gasteiger partial charge in [0.1, 0.15) is 10.8 Å². The molecule has 7 nitrogen and oxygen atoms in total. The van der Waals surface area contributed by atoms with Crippen molar-refractivity contribution in [1.29, 1.82) is 0 Å². The summed E-state index contributed by atoms with van der Waals surface area (Å²) in [4.78, 5) is 21.3. The van der Waals surface area contributed by atoms with Crippen LogP contribution in [0.15, 0.2) is 24.5 Å². The van der Waals surface area contributed by atoms with Crippen molar-refractivity contribution in [1.82, 2.24) is 20.2 Å². The highest BCUT2D eigenvalue weighted by Gasteiger charge is 2.18. The Morgan fingerprint density at radius 2 is 1.72 bits per heavy atom. The standard InChI is InChI=1S/C17H17N5O2S/c1-9-5-12(13-6-10(2)19-8-15(13)24-4)14(7-18-9)16(23)20-17-22-21-11(3)25-17/h5-8H,1-4H3,(H,20,22,23). The number of nitrogens with one attached hydrogen (secondary N) is 1. The molecule has 128 valence electrons. The van der Waals surface area contributed by atoms with Crippen LogP contribution in [0.5, 0.6) is 5.75 Å². The summed E-state index contributed by atoms with van der Waals surface area (Å²) in [5, 5.41) is 11.8. The van der Waals surface area contributed by atoms with E-state index in [4.69, 9.17) is 4.74 Å². The van der Waals surface area contributed by atoms with E-state index in [1.54, 1.807) is 19.5 Å². The number of carbonyl (C=O) groups is 1. The first-order valence-electron chi connectivity index (χ1n) is 7.57. The molecule has 0 aliphatic carbocycles. The average molecular weight is 355 g/mol. The Bertz CT molecular complexity index is 939. The summed E-state index contributed by atoms with van der Waals surface area (Å²) in [5.41, 5.74) is 3.58. The van der Waals surface area contributed by atoms with Gasteiger partial charge in [-0.2, -0.15) is 0 Å². The van der Waals surface area contributed by atoms with E-state index < -0.39 is 0 Å². The first-order valence-corrected chi connectivity index (χ1v) is 8.38. The Hall–Kier alpha value is -2.87. The molecule has 0 aliphatic rings. The fourth-order valence-corrected chi connectivity index (χ4v) is 2.98. The predicted molar refractivity (Wildman–Crippen MR) is 96.1 cm³/mol. The molecule has 0 aromatic carbocycles. The van der Waals surface area contributed by atoms with Gasteiger partial charge >= 0.3 is 0 Å². The zero-order valence-corrected chi connectivity index (χ0v) is 15.1. The molecule has 8 heteroatoms. The molecule has 0 bridgehead atoms. The number of aromatic nitrogens is 4. The van der Waals surface area contributed by atoms with E-state index >= 15 is 0 Å². The number of methoxy groups -OCH3 is 1. The largest absolute Gasteiger partial charge is 0.494 e. The van der Waals surface area contributed by atoms with E-state index in [0.717, 1.165) is 27.5 Å². The van der Waals surface area contributed by atoms with Crippen molar-refractivity contribution in [3.63, 3.8) is 0 Å². The predicted octanol–water partition coefficient (Wildman–Crippen LogP) is 3.18. The van der Waals surface area contributed by atoms with Crippen LogP contribution >= 0.6 is 11.3 Å². The first kappa shape index (κ1) is 17.0. The van der Waals surface area contributed by atoms with E-state index in [2.05, 4.69) is 25.5 Å². The fourth-order valence-electron chi connectivity index (χ4n) is 2.40. The molecule has 3 aromatic rings. The molecular weight excluding hydrogens is 338 g/mol. The van der Waals surface area contributed by atoms with Crippen LogP contribution in [0.4, 0.5) is 5.13 Å². The second kappa shape index (κ2) is 6.94. The maximum atomic E-state index is 12.7. The normalized spacial score (nSPS) is 10.6. The van der Waals surface area contributed by atoms with Crippen LogP contribution in [0.2, 0.25) is 0 Å². The lowest BCUT2D eigenvalue weighted by atomic mass is 9.99. The maximum absolute atomic E-state index is 12.7. The van der Waals surface area contributed by atoms with Crippen molar-refractivity contribution >= 4 is 22.4 Å². The van der Waals surface area contributed by atoms with E-state index in [9.17, 15) is 4.79 Å². The quantitative estimate of drug-likeness (QED) is 0.773. The van der Waals surface area contributed by atoms with Gasteiger partial charge in [0, 0.05) is 28.7 Å². The van der Waals surface area contributed by atoms with E-state index in [1.165, 1.54) is 11.3 Å². The lowest BCUT2D eigenvalue weighted by Gasteiger charge is -2.13. The summed E-state index contributed by atoms with van der Waals surface area (Å²) in [6.07, 6.45) is 3.21. The zero-order valence-electron chi connectivity index (χ0n) is 14.3. The van der Waals surface area contributed by atoms with E-state index in [1.807, 2.05) is 32.9 Å². The number of ether oxygens (including phenoxy) is 1. The SMILES string of the molecule is COc1cnc(C)cc1-c1cc(C)ncc1C(=O)Nc1nnc(C)s1. The molecule has 0 aliphatic heterocycles. The third kappa shape index (κ3) is 3.63. The number of amides is 1. The summed E-state index contributed by atoms with van der Waals surface area (Å²) in [5.74, 6) is 0.298. The van der Waals surface area contributed by atoms with Gasteiger partial charge < -0.3 is 4.74 Å². The lowest BCUT2D eigenvalue weighted by Crippen LogP contribution is -2.14. The van der Waals surface area contributed by atoms with Crippen molar-refractivity contribution < 1.29 is 9.53 Å². The molecule has 0 spiro atoms. The number of carbonyl (C=O) groups excluding carboxylic acids is 1. The summed E-state index contributed by atoms with van der Waals surface area (Å²) >= 11 is 1.32. The van der Waals surface area contributed by atoms with Crippen LogP contribution in [0.1, 0.15) is 26.8 Å². The third-order valence-corrected chi connectivity index (χ3v) is 4.30. The van der Waals surface area contributed by atoms with Gasteiger partial charge in [-0.15, -0.1) is 10.2 Å². The number of rotatable bonds is 4. The van der Waals surface area contributed by atoms with Gasteiger partial charge in [-0.25, -0.2) is 0 Å². The van der Waals surface area contributed by atoms with Crippen molar-refractivity contribution in [3.05, 3.63) is 46.5 Å². The number of hydrogen-bond donors (Lipinski definition) is 1. The number of anilines is 1. The first-order chi connectivity index (χ1) is 12.0.